The summed E-state index contributed by atoms with van der Waals surface area (Å²) in [6.45, 7) is 11.4. The van der Waals surface area contributed by atoms with Gasteiger partial charge in [-0.25, -0.2) is 9.59 Å². The molecule has 0 amide bonds. The van der Waals surface area contributed by atoms with E-state index >= 15 is 0 Å². The number of nitrogens with one attached hydrogen (secondary N) is 1. The molecular weight excluding hydrogens is 386 g/mol. The van der Waals surface area contributed by atoms with Gasteiger partial charge < -0.3 is 24.3 Å². The van der Waals surface area contributed by atoms with Gasteiger partial charge in [-0.2, -0.15) is 0 Å². The smallest absolute Gasteiger partial charge is 0.336 e. The third-order valence-electron chi connectivity index (χ3n) is 4.63. The molecule has 1 aliphatic heterocycles. The Morgan fingerprint density at radius 3 is 1.93 bits per heavy atom. The van der Waals surface area contributed by atoms with Crippen LogP contribution in [0.5, 0.6) is 11.5 Å². The molecule has 0 radical (unpaired) electrons. The molecule has 1 N–H and O–H groups in total. The van der Waals surface area contributed by atoms with Crippen LogP contribution in [0.3, 0.4) is 0 Å². The topological polar surface area (TPSA) is 83.1 Å². The highest BCUT2D eigenvalue weighted by atomic mass is 16.5. The van der Waals surface area contributed by atoms with Crippen LogP contribution >= 0.6 is 0 Å². The Labute approximate surface area is 178 Å². The minimum absolute atomic E-state index is 0.0780. The summed E-state index contributed by atoms with van der Waals surface area (Å²) in [5, 5.41) is 3.13. The van der Waals surface area contributed by atoms with Gasteiger partial charge in [0.05, 0.1) is 43.5 Å². The average molecular weight is 418 g/mol. The zero-order valence-corrected chi connectivity index (χ0v) is 18.8. The van der Waals surface area contributed by atoms with E-state index in [9.17, 15) is 9.59 Å². The van der Waals surface area contributed by atoms with Gasteiger partial charge in [-0.15, -0.1) is 0 Å². The third-order valence-corrected chi connectivity index (χ3v) is 4.63. The number of dihydropyridines is 1. The number of carbonyl (C=O) groups is 2. The predicted molar refractivity (Wildman–Crippen MR) is 113 cm³/mol. The maximum Gasteiger partial charge on any atom is 0.336 e. The van der Waals surface area contributed by atoms with E-state index in [-0.39, 0.29) is 19.3 Å². The summed E-state index contributed by atoms with van der Waals surface area (Å²) < 4.78 is 21.9. The van der Waals surface area contributed by atoms with E-state index < -0.39 is 17.9 Å². The molecule has 0 aliphatic carbocycles. The highest BCUT2D eigenvalue weighted by Gasteiger charge is 2.38. The van der Waals surface area contributed by atoms with Crippen LogP contribution < -0.4 is 14.8 Å². The summed E-state index contributed by atoms with van der Waals surface area (Å²) in [5.74, 6) is -0.527. The standard InChI is InChI=1S/C23H31NO6/c1-8-28-22(25)19-14(5)24-15(6)20(23(26)29-9-2)21(19)16-10-11-17(27-7)18(12-16)30-13(3)4/h10-13,21,24H,8-9H2,1-7H3. The first-order valence-electron chi connectivity index (χ1n) is 10.1. The molecule has 0 saturated heterocycles. The average Bonchev–Trinajstić information content (AvgIpc) is 2.67. The number of hydrogen-bond acceptors (Lipinski definition) is 7. The van der Waals surface area contributed by atoms with Crippen LogP contribution in [0.1, 0.15) is 53.0 Å². The Morgan fingerprint density at radius 2 is 1.50 bits per heavy atom. The molecule has 0 fully saturated rings. The number of hydrogen-bond donors (Lipinski definition) is 1. The van der Waals surface area contributed by atoms with Gasteiger partial charge in [-0.05, 0) is 59.2 Å². The molecule has 0 saturated carbocycles. The Balaban J connectivity index is 2.70. The van der Waals surface area contributed by atoms with Crippen molar-refractivity contribution >= 4 is 11.9 Å². The minimum Gasteiger partial charge on any atom is -0.493 e. The molecule has 7 nitrogen and oxygen atoms in total. The van der Waals surface area contributed by atoms with Crippen LogP contribution in [0, 0.1) is 0 Å². The summed E-state index contributed by atoms with van der Waals surface area (Å²) in [7, 11) is 1.56. The van der Waals surface area contributed by atoms with Gasteiger partial charge >= 0.3 is 11.9 Å². The molecule has 1 heterocycles. The second-order valence-electron chi connectivity index (χ2n) is 7.15. The van der Waals surface area contributed by atoms with Crippen LogP contribution in [0.4, 0.5) is 0 Å². The number of ether oxygens (including phenoxy) is 4. The lowest BCUT2D eigenvalue weighted by atomic mass is 9.80. The van der Waals surface area contributed by atoms with Gasteiger partial charge in [0.2, 0.25) is 0 Å². The number of benzene rings is 1. The largest absolute Gasteiger partial charge is 0.493 e. The zero-order chi connectivity index (χ0) is 22.4. The van der Waals surface area contributed by atoms with E-state index in [1.807, 2.05) is 19.9 Å². The molecule has 1 aliphatic rings. The van der Waals surface area contributed by atoms with Crippen molar-refractivity contribution in [2.75, 3.05) is 20.3 Å². The lowest BCUT2D eigenvalue weighted by Crippen LogP contribution is -2.32. The Bertz CT molecular complexity index is 828. The molecule has 164 valence electrons. The van der Waals surface area contributed by atoms with Gasteiger partial charge in [-0.3, -0.25) is 0 Å². The van der Waals surface area contributed by atoms with Crippen LogP contribution in [-0.4, -0.2) is 38.4 Å². The summed E-state index contributed by atoms with van der Waals surface area (Å²) in [6, 6.07) is 5.39. The molecule has 30 heavy (non-hydrogen) atoms. The van der Waals surface area contributed by atoms with Gasteiger partial charge in [0.1, 0.15) is 0 Å². The first kappa shape index (κ1) is 23.3. The van der Waals surface area contributed by atoms with Crippen molar-refractivity contribution in [3.63, 3.8) is 0 Å². The summed E-state index contributed by atoms with van der Waals surface area (Å²) in [6.07, 6.45) is -0.0780. The minimum atomic E-state index is -0.662. The number of carbonyl (C=O) groups excluding carboxylic acids is 2. The van der Waals surface area contributed by atoms with Gasteiger partial charge in [0, 0.05) is 11.4 Å². The molecule has 0 bridgehead atoms. The third kappa shape index (κ3) is 4.96. The van der Waals surface area contributed by atoms with Gasteiger partial charge in [0.15, 0.2) is 11.5 Å². The Morgan fingerprint density at radius 1 is 0.967 bits per heavy atom. The van der Waals surface area contributed by atoms with Gasteiger partial charge in [-0.1, -0.05) is 6.07 Å². The van der Waals surface area contributed by atoms with E-state index in [1.165, 1.54) is 0 Å². The second-order valence-corrected chi connectivity index (χ2v) is 7.15. The predicted octanol–water partition coefficient (Wildman–Crippen LogP) is 3.84. The maximum absolute atomic E-state index is 12.9. The summed E-state index contributed by atoms with van der Waals surface area (Å²) in [5.41, 5.74) is 2.70. The lowest BCUT2D eigenvalue weighted by Gasteiger charge is -2.30. The van der Waals surface area contributed by atoms with E-state index in [0.717, 1.165) is 0 Å². The molecule has 0 atom stereocenters. The van der Waals surface area contributed by atoms with Crippen LogP contribution in [0.25, 0.3) is 0 Å². The van der Waals surface area contributed by atoms with Crippen LogP contribution in [0.15, 0.2) is 40.7 Å². The molecule has 0 aromatic heterocycles. The first-order chi connectivity index (χ1) is 14.2. The molecule has 0 spiro atoms. The number of allylic oxidation sites excluding steroid dienone is 2. The normalized spacial score (nSPS) is 14.5. The van der Waals surface area contributed by atoms with E-state index in [2.05, 4.69) is 5.32 Å². The highest BCUT2D eigenvalue weighted by Crippen LogP contribution is 2.42. The van der Waals surface area contributed by atoms with Crippen molar-refractivity contribution in [3.05, 3.63) is 46.3 Å². The Hall–Kier alpha value is -2.96. The quantitative estimate of drug-likeness (QED) is 0.644. The molecule has 0 unspecified atom stereocenters. The van der Waals surface area contributed by atoms with Crippen molar-refractivity contribution in [3.8, 4) is 11.5 Å². The molecular formula is C23H31NO6. The zero-order valence-electron chi connectivity index (χ0n) is 18.8. The fourth-order valence-electron chi connectivity index (χ4n) is 3.51. The fourth-order valence-corrected chi connectivity index (χ4v) is 3.51. The van der Waals surface area contributed by atoms with Crippen LogP contribution in [-0.2, 0) is 19.1 Å². The van der Waals surface area contributed by atoms with E-state index in [4.69, 9.17) is 18.9 Å². The summed E-state index contributed by atoms with van der Waals surface area (Å²) >= 11 is 0. The molecule has 7 heteroatoms. The van der Waals surface area contributed by atoms with Crippen molar-refractivity contribution in [2.45, 2.75) is 53.6 Å². The number of esters is 2. The molecule has 2 rings (SSSR count). The van der Waals surface area contributed by atoms with Crippen molar-refractivity contribution in [2.24, 2.45) is 0 Å². The summed E-state index contributed by atoms with van der Waals surface area (Å²) in [4.78, 5) is 25.7. The Kier molecular flexibility index (Phi) is 7.92. The van der Waals surface area contributed by atoms with Crippen molar-refractivity contribution in [1.29, 1.82) is 0 Å². The van der Waals surface area contributed by atoms with Crippen LogP contribution in [0.2, 0.25) is 0 Å². The highest BCUT2D eigenvalue weighted by molar-refractivity contribution is 6.00. The van der Waals surface area contributed by atoms with E-state index in [0.29, 0.717) is 39.6 Å². The molecule has 1 aromatic carbocycles. The maximum atomic E-state index is 12.9. The lowest BCUT2D eigenvalue weighted by molar-refractivity contribution is -0.139. The van der Waals surface area contributed by atoms with Gasteiger partial charge in [0.25, 0.3) is 0 Å². The number of rotatable bonds is 8. The van der Waals surface area contributed by atoms with Crippen molar-refractivity contribution in [1.82, 2.24) is 5.32 Å². The van der Waals surface area contributed by atoms with E-state index in [1.54, 1.807) is 46.9 Å². The molecule has 1 aromatic rings. The monoisotopic (exact) mass is 417 g/mol. The second kappa shape index (κ2) is 10.2. The first-order valence-corrected chi connectivity index (χ1v) is 10.1. The fraction of sp³-hybridized carbons (Fsp3) is 0.478. The van der Waals surface area contributed by atoms with Crippen molar-refractivity contribution < 1.29 is 28.5 Å². The number of methoxy groups -OCH3 is 1. The SMILES string of the molecule is CCOC(=O)C1=C(C)NC(C)=C(C(=O)OCC)C1c1ccc(OC)c(OC(C)C)c1.